The molecule has 0 aromatic carbocycles. The Morgan fingerprint density at radius 3 is 2.44 bits per heavy atom. The molecule has 0 aromatic rings. The molecule has 1 aliphatic heterocycles. The van der Waals surface area contributed by atoms with Crippen LogP contribution in [0.25, 0.3) is 0 Å². The molecule has 0 N–H and O–H groups in total. The van der Waals surface area contributed by atoms with Crippen molar-refractivity contribution >= 4 is 5.97 Å². The van der Waals surface area contributed by atoms with E-state index in [1.165, 1.54) is 0 Å². The SMILES string of the molecule is COC(CN1CCC[C@H]1C(=O)OC(C)(C)C)OC. The molecule has 1 atom stereocenters. The van der Waals surface area contributed by atoms with Crippen LogP contribution in [0.1, 0.15) is 33.6 Å². The third-order valence-electron chi connectivity index (χ3n) is 2.95. The fraction of sp³-hybridized carbons (Fsp3) is 0.923. The predicted octanol–water partition coefficient (Wildman–Crippen LogP) is 1.41. The van der Waals surface area contributed by atoms with Crippen molar-refractivity contribution in [1.82, 2.24) is 4.90 Å². The van der Waals surface area contributed by atoms with E-state index in [0.717, 1.165) is 19.4 Å². The van der Waals surface area contributed by atoms with Gasteiger partial charge in [0.1, 0.15) is 11.6 Å². The Hall–Kier alpha value is -0.650. The Bertz CT molecular complexity index is 271. The Labute approximate surface area is 109 Å². The molecule has 0 bridgehead atoms. The first-order chi connectivity index (χ1) is 8.37. The van der Waals surface area contributed by atoms with Crippen LogP contribution in [0.15, 0.2) is 0 Å². The van der Waals surface area contributed by atoms with Crippen molar-refractivity contribution in [1.29, 1.82) is 0 Å². The average Bonchev–Trinajstić information content (AvgIpc) is 2.71. The molecule has 18 heavy (non-hydrogen) atoms. The summed E-state index contributed by atoms with van der Waals surface area (Å²) < 4.78 is 15.8. The lowest BCUT2D eigenvalue weighted by molar-refractivity contribution is -0.163. The molecule has 1 heterocycles. The number of methoxy groups -OCH3 is 2. The van der Waals surface area contributed by atoms with Gasteiger partial charge in [-0.05, 0) is 40.2 Å². The normalized spacial score (nSPS) is 21.6. The minimum Gasteiger partial charge on any atom is -0.459 e. The predicted molar refractivity (Wildman–Crippen MR) is 68.2 cm³/mol. The molecule has 0 radical (unpaired) electrons. The molecule has 0 amide bonds. The van der Waals surface area contributed by atoms with Crippen molar-refractivity contribution in [3.63, 3.8) is 0 Å². The zero-order valence-corrected chi connectivity index (χ0v) is 12.1. The first-order valence-electron chi connectivity index (χ1n) is 6.40. The Balaban J connectivity index is 2.56. The van der Waals surface area contributed by atoms with Gasteiger partial charge in [0.25, 0.3) is 0 Å². The number of carbonyl (C=O) groups excluding carboxylic acids is 1. The lowest BCUT2D eigenvalue weighted by atomic mass is 10.1. The summed E-state index contributed by atoms with van der Waals surface area (Å²) in [4.78, 5) is 14.2. The summed E-state index contributed by atoms with van der Waals surface area (Å²) in [6.45, 7) is 7.13. The molecule has 0 aliphatic carbocycles. The quantitative estimate of drug-likeness (QED) is 0.552. The van der Waals surface area contributed by atoms with Gasteiger partial charge < -0.3 is 14.2 Å². The van der Waals surface area contributed by atoms with Crippen molar-refractivity contribution in [2.75, 3.05) is 27.3 Å². The second kappa shape index (κ2) is 6.50. The van der Waals surface area contributed by atoms with Crippen LogP contribution in [0.3, 0.4) is 0 Å². The van der Waals surface area contributed by atoms with Gasteiger partial charge in [0.2, 0.25) is 0 Å². The number of hydrogen-bond acceptors (Lipinski definition) is 5. The van der Waals surface area contributed by atoms with E-state index in [9.17, 15) is 4.79 Å². The number of ether oxygens (including phenoxy) is 3. The highest BCUT2D eigenvalue weighted by Gasteiger charge is 2.35. The van der Waals surface area contributed by atoms with Crippen LogP contribution >= 0.6 is 0 Å². The van der Waals surface area contributed by atoms with Crippen LogP contribution in [-0.4, -0.2) is 56.1 Å². The smallest absolute Gasteiger partial charge is 0.323 e. The molecule has 106 valence electrons. The van der Waals surface area contributed by atoms with Gasteiger partial charge >= 0.3 is 5.97 Å². The van der Waals surface area contributed by atoms with E-state index in [0.29, 0.717) is 6.54 Å². The highest BCUT2D eigenvalue weighted by molar-refractivity contribution is 5.76. The molecule has 0 spiro atoms. The van der Waals surface area contributed by atoms with Gasteiger partial charge in [-0.1, -0.05) is 0 Å². The summed E-state index contributed by atoms with van der Waals surface area (Å²) in [5.74, 6) is -0.147. The van der Waals surface area contributed by atoms with Crippen LogP contribution in [0.2, 0.25) is 0 Å². The maximum atomic E-state index is 12.1. The molecule has 1 rings (SSSR count). The summed E-state index contributed by atoms with van der Waals surface area (Å²) in [6, 6.07) is -0.169. The number of likely N-dealkylation sites (tertiary alicyclic amines) is 1. The summed E-state index contributed by atoms with van der Waals surface area (Å²) in [5, 5.41) is 0. The van der Waals surface area contributed by atoms with Crippen molar-refractivity contribution in [2.45, 2.75) is 51.5 Å². The van der Waals surface area contributed by atoms with Gasteiger partial charge in [0.15, 0.2) is 6.29 Å². The Morgan fingerprint density at radius 2 is 1.94 bits per heavy atom. The second-order valence-electron chi connectivity index (χ2n) is 5.59. The van der Waals surface area contributed by atoms with Gasteiger partial charge in [0, 0.05) is 14.2 Å². The standard InChI is InChI=1S/C13H25NO4/c1-13(2,3)18-12(15)10-7-6-8-14(10)9-11(16-4)17-5/h10-11H,6-9H2,1-5H3/t10-/m0/s1. The van der Waals surface area contributed by atoms with E-state index in [1.807, 2.05) is 20.8 Å². The molecule has 5 heteroatoms. The fourth-order valence-corrected chi connectivity index (χ4v) is 2.12. The van der Waals surface area contributed by atoms with Gasteiger partial charge in [-0.2, -0.15) is 0 Å². The third kappa shape index (κ3) is 4.55. The van der Waals surface area contributed by atoms with E-state index in [-0.39, 0.29) is 18.3 Å². The summed E-state index contributed by atoms with van der Waals surface area (Å²) in [5.41, 5.74) is -0.437. The maximum Gasteiger partial charge on any atom is 0.323 e. The topological polar surface area (TPSA) is 48.0 Å². The zero-order chi connectivity index (χ0) is 13.8. The minimum absolute atomic E-state index is 0.147. The van der Waals surface area contributed by atoms with Gasteiger partial charge in [0.05, 0.1) is 6.54 Å². The number of esters is 1. The largest absolute Gasteiger partial charge is 0.459 e. The van der Waals surface area contributed by atoms with Crippen LogP contribution in [0.5, 0.6) is 0 Å². The third-order valence-corrected chi connectivity index (χ3v) is 2.95. The fourth-order valence-electron chi connectivity index (χ4n) is 2.12. The summed E-state index contributed by atoms with van der Waals surface area (Å²) in [7, 11) is 3.21. The lowest BCUT2D eigenvalue weighted by Gasteiger charge is -2.29. The van der Waals surface area contributed by atoms with E-state index in [2.05, 4.69) is 4.90 Å². The Kier molecular flexibility index (Phi) is 5.56. The zero-order valence-electron chi connectivity index (χ0n) is 12.1. The van der Waals surface area contributed by atoms with Gasteiger partial charge in [-0.15, -0.1) is 0 Å². The number of nitrogens with zero attached hydrogens (tertiary/aromatic N) is 1. The highest BCUT2D eigenvalue weighted by atomic mass is 16.7. The van der Waals surface area contributed by atoms with Crippen LogP contribution in [0.4, 0.5) is 0 Å². The highest BCUT2D eigenvalue weighted by Crippen LogP contribution is 2.21. The Morgan fingerprint density at radius 1 is 1.33 bits per heavy atom. The first-order valence-corrected chi connectivity index (χ1v) is 6.40. The molecule has 1 fully saturated rings. The van der Waals surface area contributed by atoms with Crippen molar-refractivity contribution < 1.29 is 19.0 Å². The van der Waals surface area contributed by atoms with Crippen molar-refractivity contribution in [2.24, 2.45) is 0 Å². The summed E-state index contributed by atoms with van der Waals surface area (Å²) in [6.07, 6.45) is 1.55. The molecule has 1 aliphatic rings. The van der Waals surface area contributed by atoms with E-state index >= 15 is 0 Å². The van der Waals surface area contributed by atoms with E-state index in [1.54, 1.807) is 14.2 Å². The molecular weight excluding hydrogens is 234 g/mol. The monoisotopic (exact) mass is 259 g/mol. The molecule has 0 aromatic heterocycles. The van der Waals surface area contributed by atoms with Crippen LogP contribution in [-0.2, 0) is 19.0 Å². The molecule has 1 saturated heterocycles. The number of hydrogen-bond donors (Lipinski definition) is 0. The van der Waals surface area contributed by atoms with Crippen LogP contribution < -0.4 is 0 Å². The van der Waals surface area contributed by atoms with E-state index < -0.39 is 5.60 Å². The second-order valence-corrected chi connectivity index (χ2v) is 5.59. The number of carbonyl (C=O) groups is 1. The molecule has 0 saturated carbocycles. The van der Waals surface area contributed by atoms with Crippen molar-refractivity contribution in [3.05, 3.63) is 0 Å². The summed E-state index contributed by atoms with van der Waals surface area (Å²) >= 11 is 0. The van der Waals surface area contributed by atoms with Crippen molar-refractivity contribution in [3.8, 4) is 0 Å². The molecule has 0 unspecified atom stereocenters. The first kappa shape index (κ1) is 15.4. The molecular formula is C13H25NO4. The van der Waals surface area contributed by atoms with Gasteiger partial charge in [-0.3, -0.25) is 9.69 Å². The average molecular weight is 259 g/mol. The van der Waals surface area contributed by atoms with E-state index in [4.69, 9.17) is 14.2 Å². The van der Waals surface area contributed by atoms with Gasteiger partial charge in [-0.25, -0.2) is 0 Å². The molecule has 5 nitrogen and oxygen atoms in total. The number of rotatable bonds is 5. The minimum atomic E-state index is -0.437. The van der Waals surface area contributed by atoms with Crippen LogP contribution in [0, 0.1) is 0 Å². The maximum absolute atomic E-state index is 12.1. The lowest BCUT2D eigenvalue weighted by Crippen LogP contribution is -2.44.